The molecule has 0 aliphatic heterocycles. The fourth-order valence-corrected chi connectivity index (χ4v) is 4.16. The van der Waals surface area contributed by atoms with Gasteiger partial charge in [-0.2, -0.15) is 0 Å². The highest BCUT2D eigenvalue weighted by Gasteiger charge is 2.59. The first-order chi connectivity index (χ1) is 9.06. The molecular weight excluding hydrogens is 238 g/mol. The third kappa shape index (κ3) is 1.92. The van der Waals surface area contributed by atoms with Gasteiger partial charge in [0.2, 0.25) is 0 Å². The maximum absolute atomic E-state index is 11.8. The molecule has 3 N–H and O–H groups in total. The van der Waals surface area contributed by atoms with Crippen molar-refractivity contribution in [2.24, 2.45) is 5.41 Å². The zero-order chi connectivity index (χ0) is 13.5. The summed E-state index contributed by atoms with van der Waals surface area (Å²) in [6, 6.07) is 7.40. The summed E-state index contributed by atoms with van der Waals surface area (Å²) in [7, 11) is 0. The highest BCUT2D eigenvalue weighted by atomic mass is 16.4. The van der Waals surface area contributed by atoms with Gasteiger partial charge in [-0.15, -0.1) is 0 Å². The van der Waals surface area contributed by atoms with Crippen molar-refractivity contribution in [2.45, 2.75) is 50.4 Å². The number of carbonyl (C=O) groups is 1. The summed E-state index contributed by atoms with van der Waals surface area (Å²) in [5, 5.41) is 9.69. The first kappa shape index (κ1) is 12.5. The topological polar surface area (TPSA) is 63.3 Å². The van der Waals surface area contributed by atoms with Crippen LogP contribution in [0.3, 0.4) is 0 Å². The van der Waals surface area contributed by atoms with E-state index in [4.69, 9.17) is 5.73 Å². The molecule has 102 valence electrons. The number of carboxylic acids is 1. The van der Waals surface area contributed by atoms with E-state index in [0.29, 0.717) is 11.1 Å². The van der Waals surface area contributed by atoms with Gasteiger partial charge in [0.05, 0.1) is 5.41 Å². The predicted octanol–water partition coefficient (Wildman–Crippen LogP) is 3.34. The monoisotopic (exact) mass is 259 g/mol. The van der Waals surface area contributed by atoms with Crippen LogP contribution in [0, 0.1) is 5.41 Å². The summed E-state index contributed by atoms with van der Waals surface area (Å²) in [4.78, 5) is 11.8. The van der Waals surface area contributed by atoms with E-state index in [9.17, 15) is 9.90 Å². The van der Waals surface area contributed by atoms with Gasteiger partial charge >= 0.3 is 5.97 Å². The quantitative estimate of drug-likeness (QED) is 0.801. The maximum atomic E-state index is 11.8. The molecule has 0 bridgehead atoms. The Morgan fingerprint density at radius 1 is 1.05 bits per heavy atom. The summed E-state index contributed by atoms with van der Waals surface area (Å²) < 4.78 is 0. The van der Waals surface area contributed by atoms with Crippen LogP contribution in [0.15, 0.2) is 24.3 Å². The molecule has 2 aliphatic rings. The molecule has 19 heavy (non-hydrogen) atoms. The minimum atomic E-state index is -0.673. The minimum Gasteiger partial charge on any atom is -0.481 e. The lowest BCUT2D eigenvalue weighted by molar-refractivity contribution is -0.156. The van der Waals surface area contributed by atoms with Crippen LogP contribution < -0.4 is 5.73 Å². The largest absolute Gasteiger partial charge is 0.481 e. The lowest BCUT2D eigenvalue weighted by atomic mass is 9.46. The first-order valence-electron chi connectivity index (χ1n) is 7.16. The van der Waals surface area contributed by atoms with Crippen molar-refractivity contribution >= 4 is 11.7 Å². The fraction of sp³-hybridized carbons (Fsp3) is 0.562. The average Bonchev–Trinajstić information content (AvgIpc) is 2.37. The van der Waals surface area contributed by atoms with Crippen LogP contribution in [-0.4, -0.2) is 11.1 Å². The van der Waals surface area contributed by atoms with E-state index in [2.05, 4.69) is 0 Å². The third-order valence-electron chi connectivity index (χ3n) is 5.14. The molecule has 3 heteroatoms. The molecule has 0 heterocycles. The fourth-order valence-electron chi connectivity index (χ4n) is 4.16. The lowest BCUT2D eigenvalue weighted by Gasteiger charge is -2.56. The van der Waals surface area contributed by atoms with Crippen molar-refractivity contribution in [1.29, 1.82) is 0 Å². The van der Waals surface area contributed by atoms with Gasteiger partial charge in [0.1, 0.15) is 0 Å². The van der Waals surface area contributed by atoms with Gasteiger partial charge < -0.3 is 10.8 Å². The SMILES string of the molecule is Nc1ccc(C2(C(=O)O)CC3(CCCCC3)C2)cc1. The molecule has 3 nitrogen and oxygen atoms in total. The number of hydrogen-bond donors (Lipinski definition) is 2. The second kappa shape index (κ2) is 4.26. The van der Waals surface area contributed by atoms with Gasteiger partial charge in [-0.05, 0) is 48.8 Å². The van der Waals surface area contributed by atoms with Crippen LogP contribution in [0.4, 0.5) is 5.69 Å². The first-order valence-corrected chi connectivity index (χ1v) is 7.16. The highest BCUT2D eigenvalue weighted by molar-refractivity contribution is 5.83. The number of benzene rings is 1. The van der Waals surface area contributed by atoms with Crippen LogP contribution in [0.1, 0.15) is 50.5 Å². The molecule has 0 saturated heterocycles. The standard InChI is InChI=1S/C16H21NO2/c17-13-6-4-12(5-7-13)16(14(18)19)10-15(11-16)8-2-1-3-9-15/h4-7H,1-3,8-11,17H2,(H,18,19). The molecule has 0 aromatic heterocycles. The number of carboxylic acid groups (broad SMARTS) is 1. The Hall–Kier alpha value is -1.51. The van der Waals surface area contributed by atoms with Gasteiger partial charge in [-0.1, -0.05) is 31.4 Å². The summed E-state index contributed by atoms with van der Waals surface area (Å²) in [5.74, 6) is -0.673. The second-order valence-corrected chi connectivity index (χ2v) is 6.42. The van der Waals surface area contributed by atoms with Gasteiger partial charge in [0.25, 0.3) is 0 Å². The van der Waals surface area contributed by atoms with Gasteiger partial charge in [-0.25, -0.2) is 0 Å². The number of nitrogen functional groups attached to an aromatic ring is 1. The van der Waals surface area contributed by atoms with Crippen molar-refractivity contribution in [3.63, 3.8) is 0 Å². The average molecular weight is 259 g/mol. The number of hydrogen-bond acceptors (Lipinski definition) is 2. The molecule has 0 atom stereocenters. The van der Waals surface area contributed by atoms with E-state index in [1.165, 1.54) is 32.1 Å². The molecule has 2 saturated carbocycles. The predicted molar refractivity (Wildman–Crippen MR) is 74.9 cm³/mol. The van der Waals surface area contributed by atoms with Crippen LogP contribution in [0.5, 0.6) is 0 Å². The zero-order valence-electron chi connectivity index (χ0n) is 11.2. The Bertz CT molecular complexity index is 478. The Morgan fingerprint density at radius 3 is 2.16 bits per heavy atom. The molecule has 1 aromatic rings. The molecule has 0 amide bonds. The van der Waals surface area contributed by atoms with Crippen molar-refractivity contribution in [3.8, 4) is 0 Å². The van der Waals surface area contributed by atoms with E-state index >= 15 is 0 Å². The number of nitrogens with two attached hydrogens (primary N) is 1. The van der Waals surface area contributed by atoms with Crippen LogP contribution in [0.25, 0.3) is 0 Å². The smallest absolute Gasteiger partial charge is 0.314 e. The van der Waals surface area contributed by atoms with Crippen molar-refractivity contribution in [1.82, 2.24) is 0 Å². The Morgan fingerprint density at radius 2 is 1.63 bits per heavy atom. The molecule has 0 radical (unpaired) electrons. The minimum absolute atomic E-state index is 0.304. The molecule has 3 rings (SSSR count). The van der Waals surface area contributed by atoms with Crippen LogP contribution >= 0.6 is 0 Å². The van der Waals surface area contributed by atoms with Gasteiger partial charge in [-0.3, -0.25) is 4.79 Å². The second-order valence-electron chi connectivity index (χ2n) is 6.42. The van der Waals surface area contributed by atoms with E-state index in [0.717, 1.165) is 18.4 Å². The molecule has 1 spiro atoms. The van der Waals surface area contributed by atoms with Crippen LogP contribution in [-0.2, 0) is 10.2 Å². The Balaban J connectivity index is 1.87. The zero-order valence-corrected chi connectivity index (χ0v) is 11.2. The number of anilines is 1. The molecule has 2 fully saturated rings. The van der Waals surface area contributed by atoms with E-state index < -0.39 is 11.4 Å². The van der Waals surface area contributed by atoms with Crippen molar-refractivity contribution in [2.75, 3.05) is 5.73 Å². The third-order valence-corrected chi connectivity index (χ3v) is 5.14. The summed E-state index contributed by atoms with van der Waals surface area (Å²) in [5.41, 5.74) is 6.95. The Labute approximate surface area is 113 Å². The molecular formula is C16H21NO2. The summed E-state index contributed by atoms with van der Waals surface area (Å²) >= 11 is 0. The molecule has 1 aromatic carbocycles. The summed E-state index contributed by atoms with van der Waals surface area (Å²) in [6.07, 6.45) is 7.85. The maximum Gasteiger partial charge on any atom is 0.314 e. The van der Waals surface area contributed by atoms with Gasteiger partial charge in [0.15, 0.2) is 0 Å². The highest BCUT2D eigenvalue weighted by Crippen LogP contribution is 2.62. The number of rotatable bonds is 2. The lowest BCUT2D eigenvalue weighted by Crippen LogP contribution is -2.55. The Kier molecular flexibility index (Phi) is 2.80. The van der Waals surface area contributed by atoms with Crippen LogP contribution in [0.2, 0.25) is 0 Å². The molecule has 0 unspecified atom stereocenters. The molecule has 2 aliphatic carbocycles. The van der Waals surface area contributed by atoms with E-state index in [-0.39, 0.29) is 0 Å². The van der Waals surface area contributed by atoms with E-state index in [1.54, 1.807) is 0 Å². The normalized spacial score (nSPS) is 23.8. The summed E-state index contributed by atoms with van der Waals surface area (Å²) in [6.45, 7) is 0. The van der Waals surface area contributed by atoms with Gasteiger partial charge in [0, 0.05) is 5.69 Å². The number of aliphatic carboxylic acids is 1. The van der Waals surface area contributed by atoms with Crippen molar-refractivity contribution < 1.29 is 9.90 Å². The van der Waals surface area contributed by atoms with E-state index in [1.807, 2.05) is 24.3 Å². The van der Waals surface area contributed by atoms with Crippen molar-refractivity contribution in [3.05, 3.63) is 29.8 Å².